The maximum atomic E-state index is 11.7. The van der Waals surface area contributed by atoms with Crippen molar-refractivity contribution >= 4 is 17.6 Å². The summed E-state index contributed by atoms with van der Waals surface area (Å²) in [7, 11) is 0. The molecule has 0 spiro atoms. The summed E-state index contributed by atoms with van der Waals surface area (Å²) in [5, 5.41) is 13.5. The summed E-state index contributed by atoms with van der Waals surface area (Å²) in [6.07, 6.45) is 0. The smallest absolute Gasteiger partial charge is 0.355 e. The number of carbonyl (C=O) groups is 1. The molecule has 1 aliphatic rings. The Morgan fingerprint density at radius 3 is 2.86 bits per heavy atom. The number of hydrogen-bond acceptors (Lipinski definition) is 6. The maximum absolute atomic E-state index is 11.7. The van der Waals surface area contributed by atoms with E-state index >= 15 is 0 Å². The topological polar surface area (TPSA) is 112 Å². The predicted molar refractivity (Wildman–Crippen MR) is 75.9 cm³/mol. The standard InChI is InChI=1S/C14H10N4O4/c15-14-16-11-4-2-8(12(13(19)20)18(11)17-14)7-1-3-9-10(5-7)22-6-21-9/h1-5H,6H2,(H2,15,17)(H,19,20). The summed E-state index contributed by atoms with van der Waals surface area (Å²) in [5.74, 6) is 0.104. The molecule has 0 saturated carbocycles. The molecule has 0 fully saturated rings. The average Bonchev–Trinajstić information content (AvgIpc) is 3.09. The zero-order chi connectivity index (χ0) is 15.3. The van der Waals surface area contributed by atoms with Crippen LogP contribution in [0.4, 0.5) is 5.95 Å². The van der Waals surface area contributed by atoms with Crippen molar-refractivity contribution in [3.8, 4) is 22.6 Å². The third kappa shape index (κ3) is 1.74. The number of nitrogens with two attached hydrogens (primary N) is 1. The fraction of sp³-hybridized carbons (Fsp3) is 0.0714. The average molecular weight is 298 g/mol. The molecule has 8 nitrogen and oxygen atoms in total. The number of nitrogen functional groups attached to an aromatic ring is 1. The van der Waals surface area contributed by atoms with Crippen LogP contribution >= 0.6 is 0 Å². The Bertz CT molecular complexity index is 919. The van der Waals surface area contributed by atoms with Gasteiger partial charge in [-0.25, -0.2) is 9.31 Å². The number of hydrogen-bond donors (Lipinski definition) is 2. The van der Waals surface area contributed by atoms with Gasteiger partial charge >= 0.3 is 5.97 Å². The van der Waals surface area contributed by atoms with Crippen LogP contribution in [0.5, 0.6) is 11.5 Å². The molecule has 2 aromatic heterocycles. The van der Waals surface area contributed by atoms with Crippen molar-refractivity contribution in [1.29, 1.82) is 0 Å². The van der Waals surface area contributed by atoms with Crippen LogP contribution in [0, 0.1) is 0 Å². The summed E-state index contributed by atoms with van der Waals surface area (Å²) < 4.78 is 11.8. The van der Waals surface area contributed by atoms with Gasteiger partial charge in [-0.3, -0.25) is 0 Å². The molecule has 3 N–H and O–H groups in total. The Kier molecular flexibility index (Phi) is 2.46. The van der Waals surface area contributed by atoms with Crippen LogP contribution in [0.3, 0.4) is 0 Å². The van der Waals surface area contributed by atoms with Gasteiger partial charge in [-0.2, -0.15) is 4.98 Å². The summed E-state index contributed by atoms with van der Waals surface area (Å²) >= 11 is 0. The van der Waals surface area contributed by atoms with Gasteiger partial charge in [-0.05, 0) is 29.8 Å². The van der Waals surface area contributed by atoms with Crippen LogP contribution in [0.2, 0.25) is 0 Å². The second-order valence-electron chi connectivity index (χ2n) is 4.71. The molecule has 0 amide bonds. The van der Waals surface area contributed by atoms with Gasteiger partial charge in [0.1, 0.15) is 0 Å². The van der Waals surface area contributed by atoms with Crippen molar-refractivity contribution in [2.45, 2.75) is 0 Å². The van der Waals surface area contributed by atoms with E-state index in [-0.39, 0.29) is 18.4 Å². The van der Waals surface area contributed by atoms with Crippen LogP contribution in [0.25, 0.3) is 16.8 Å². The molecule has 22 heavy (non-hydrogen) atoms. The summed E-state index contributed by atoms with van der Waals surface area (Å²) in [6, 6.07) is 8.57. The number of benzene rings is 1. The minimum absolute atomic E-state index is 0.0134. The monoisotopic (exact) mass is 298 g/mol. The molecule has 0 saturated heterocycles. The maximum Gasteiger partial charge on any atom is 0.355 e. The summed E-state index contributed by atoms with van der Waals surface area (Å²) in [4.78, 5) is 15.6. The van der Waals surface area contributed by atoms with E-state index in [1.807, 2.05) is 0 Å². The van der Waals surface area contributed by atoms with Crippen LogP contribution in [0.1, 0.15) is 10.5 Å². The van der Waals surface area contributed by atoms with Gasteiger partial charge in [0.25, 0.3) is 0 Å². The molecule has 110 valence electrons. The molecule has 1 aromatic carbocycles. The lowest BCUT2D eigenvalue weighted by Crippen LogP contribution is -2.09. The van der Waals surface area contributed by atoms with E-state index in [1.165, 1.54) is 4.52 Å². The Balaban J connectivity index is 1.98. The van der Waals surface area contributed by atoms with Crippen molar-refractivity contribution in [3.63, 3.8) is 0 Å². The van der Waals surface area contributed by atoms with Crippen LogP contribution in [0.15, 0.2) is 30.3 Å². The van der Waals surface area contributed by atoms with Gasteiger partial charge in [0.2, 0.25) is 12.7 Å². The minimum Gasteiger partial charge on any atom is -0.476 e. The van der Waals surface area contributed by atoms with Crippen LogP contribution in [-0.4, -0.2) is 32.5 Å². The number of nitrogens with zero attached hydrogens (tertiary/aromatic N) is 3. The van der Waals surface area contributed by atoms with Gasteiger partial charge < -0.3 is 20.3 Å². The number of anilines is 1. The molecule has 1 aliphatic heterocycles. The molecule has 0 aliphatic carbocycles. The number of rotatable bonds is 2. The fourth-order valence-electron chi connectivity index (χ4n) is 2.47. The molecule has 3 heterocycles. The van der Waals surface area contributed by atoms with E-state index in [1.54, 1.807) is 30.3 Å². The first-order valence-corrected chi connectivity index (χ1v) is 6.42. The molecule has 0 bridgehead atoms. The highest BCUT2D eigenvalue weighted by Gasteiger charge is 2.21. The molecule has 3 aromatic rings. The second kappa shape index (κ2) is 4.35. The number of ether oxygens (including phenoxy) is 2. The largest absolute Gasteiger partial charge is 0.476 e. The quantitative estimate of drug-likeness (QED) is 0.735. The van der Waals surface area contributed by atoms with E-state index in [2.05, 4.69) is 10.1 Å². The number of carboxylic acid groups (broad SMARTS) is 1. The highest BCUT2D eigenvalue weighted by Crippen LogP contribution is 2.36. The first kappa shape index (κ1) is 12.5. The Labute approximate surface area is 123 Å². The first-order valence-electron chi connectivity index (χ1n) is 6.42. The van der Waals surface area contributed by atoms with Gasteiger partial charge in [-0.1, -0.05) is 6.07 Å². The van der Waals surface area contributed by atoms with Crippen molar-refractivity contribution in [2.24, 2.45) is 0 Å². The van der Waals surface area contributed by atoms with Crippen molar-refractivity contribution in [3.05, 3.63) is 36.0 Å². The van der Waals surface area contributed by atoms with Crippen LogP contribution < -0.4 is 15.2 Å². The Morgan fingerprint density at radius 2 is 2.05 bits per heavy atom. The Hall–Kier alpha value is -3.29. The van der Waals surface area contributed by atoms with Gasteiger partial charge in [0.05, 0.1) is 0 Å². The molecule has 0 unspecified atom stereocenters. The van der Waals surface area contributed by atoms with Crippen molar-refractivity contribution in [2.75, 3.05) is 12.5 Å². The first-order chi connectivity index (χ1) is 10.6. The van der Waals surface area contributed by atoms with Crippen molar-refractivity contribution < 1.29 is 19.4 Å². The zero-order valence-corrected chi connectivity index (χ0v) is 11.2. The lowest BCUT2D eigenvalue weighted by molar-refractivity contribution is 0.0688. The number of aromatic carboxylic acids is 1. The van der Waals surface area contributed by atoms with E-state index in [4.69, 9.17) is 15.2 Å². The number of fused-ring (bicyclic) bond motifs is 2. The van der Waals surface area contributed by atoms with E-state index in [0.717, 1.165) is 0 Å². The summed E-state index contributed by atoms with van der Waals surface area (Å²) in [5.41, 5.74) is 7.08. The lowest BCUT2D eigenvalue weighted by atomic mass is 10.0. The number of carboxylic acids is 1. The van der Waals surface area contributed by atoms with E-state index in [0.29, 0.717) is 28.3 Å². The molecule has 4 rings (SSSR count). The Morgan fingerprint density at radius 1 is 1.23 bits per heavy atom. The van der Waals surface area contributed by atoms with E-state index in [9.17, 15) is 9.90 Å². The van der Waals surface area contributed by atoms with Gasteiger partial charge in [0.15, 0.2) is 22.8 Å². The van der Waals surface area contributed by atoms with Gasteiger partial charge in [-0.15, -0.1) is 5.10 Å². The van der Waals surface area contributed by atoms with Gasteiger partial charge in [0, 0.05) is 5.56 Å². The predicted octanol–water partition coefficient (Wildman–Crippen LogP) is 1.41. The van der Waals surface area contributed by atoms with Crippen LogP contribution in [-0.2, 0) is 0 Å². The number of aromatic nitrogens is 3. The SMILES string of the molecule is Nc1nc2ccc(-c3ccc4c(c3)OCO4)c(C(=O)O)n2n1. The van der Waals surface area contributed by atoms with Crippen molar-refractivity contribution in [1.82, 2.24) is 14.6 Å². The number of pyridine rings is 1. The third-order valence-electron chi connectivity index (χ3n) is 3.40. The molecular formula is C14H10N4O4. The molecular weight excluding hydrogens is 288 g/mol. The molecule has 0 radical (unpaired) electrons. The molecule has 0 atom stereocenters. The lowest BCUT2D eigenvalue weighted by Gasteiger charge is -2.08. The normalized spacial score (nSPS) is 12.7. The third-order valence-corrected chi connectivity index (χ3v) is 3.40. The fourth-order valence-corrected chi connectivity index (χ4v) is 2.47. The molecule has 8 heteroatoms. The second-order valence-corrected chi connectivity index (χ2v) is 4.71. The summed E-state index contributed by atoms with van der Waals surface area (Å²) in [6.45, 7) is 0.156. The minimum atomic E-state index is -1.12. The zero-order valence-electron chi connectivity index (χ0n) is 11.2. The highest BCUT2D eigenvalue weighted by atomic mass is 16.7. The highest BCUT2D eigenvalue weighted by molar-refractivity contribution is 5.95. The van der Waals surface area contributed by atoms with E-state index < -0.39 is 5.97 Å².